The molecule has 1 aliphatic rings. The van der Waals surface area contributed by atoms with E-state index in [1.165, 1.54) is 6.20 Å². The zero-order valence-electron chi connectivity index (χ0n) is 16.3. The van der Waals surface area contributed by atoms with Crippen molar-refractivity contribution in [2.45, 2.75) is 18.9 Å². The summed E-state index contributed by atoms with van der Waals surface area (Å²) in [7, 11) is 1.76. The zero-order chi connectivity index (χ0) is 20.7. The van der Waals surface area contributed by atoms with Crippen LogP contribution in [-0.2, 0) is 21.1 Å². The van der Waals surface area contributed by atoms with Crippen molar-refractivity contribution in [2.24, 2.45) is 0 Å². The molecule has 1 aromatic carbocycles. The van der Waals surface area contributed by atoms with Gasteiger partial charge in [-0.1, -0.05) is 6.07 Å². The Labute approximate surface area is 165 Å². The first kappa shape index (κ1) is 21.6. The van der Waals surface area contributed by atoms with Gasteiger partial charge >= 0.3 is 0 Å². The summed E-state index contributed by atoms with van der Waals surface area (Å²) in [5, 5.41) is 12.0. The first-order valence-electron chi connectivity index (χ1n) is 8.83. The summed E-state index contributed by atoms with van der Waals surface area (Å²) in [4.78, 5) is 13.9. The van der Waals surface area contributed by atoms with Crippen molar-refractivity contribution in [3.05, 3.63) is 35.5 Å². The summed E-state index contributed by atoms with van der Waals surface area (Å²) in [6, 6.07) is 7.17. The maximum atomic E-state index is 12.3. The Morgan fingerprint density at radius 2 is 2.07 bits per heavy atom. The third-order valence-corrected chi connectivity index (χ3v) is 6.38. The lowest BCUT2D eigenvalue weighted by atomic mass is 10.1. The van der Waals surface area contributed by atoms with Gasteiger partial charge in [-0.15, -0.1) is 0 Å². The van der Waals surface area contributed by atoms with Crippen molar-refractivity contribution in [3.63, 3.8) is 0 Å². The highest BCUT2D eigenvalue weighted by molar-refractivity contribution is 7.91. The standard InChI is InChI=1S/C19H25N3O5S/c1-22(16-7-9-28(24,25)13-16)12-15(11-20)19(23)21-8-6-14-4-5-17(26-2)18(10-14)27-3/h4-5,10,12,16H,6-9,13H2,1-3H3,(H,21,23)/b15-12-. The van der Waals surface area contributed by atoms with E-state index in [2.05, 4.69) is 5.32 Å². The molecule has 0 aromatic heterocycles. The molecular formula is C19H25N3O5S. The van der Waals surface area contributed by atoms with Gasteiger partial charge in [0.15, 0.2) is 21.3 Å². The highest BCUT2D eigenvalue weighted by Gasteiger charge is 2.30. The molecule has 1 amide bonds. The third kappa shape index (κ3) is 5.63. The van der Waals surface area contributed by atoms with Crippen LogP contribution in [-0.4, -0.2) is 64.6 Å². The van der Waals surface area contributed by atoms with Crippen LogP contribution >= 0.6 is 0 Å². The summed E-state index contributed by atoms with van der Waals surface area (Å²) in [6.45, 7) is 0.342. The van der Waals surface area contributed by atoms with E-state index in [1.807, 2.05) is 18.2 Å². The van der Waals surface area contributed by atoms with Crippen molar-refractivity contribution in [1.29, 1.82) is 5.26 Å². The Morgan fingerprint density at radius 3 is 2.64 bits per heavy atom. The van der Waals surface area contributed by atoms with E-state index in [0.717, 1.165) is 5.56 Å². The van der Waals surface area contributed by atoms with E-state index in [9.17, 15) is 18.5 Å². The second-order valence-corrected chi connectivity index (χ2v) is 8.80. The van der Waals surface area contributed by atoms with Crippen molar-refractivity contribution < 1.29 is 22.7 Å². The van der Waals surface area contributed by atoms with E-state index >= 15 is 0 Å². The maximum Gasteiger partial charge on any atom is 0.263 e. The van der Waals surface area contributed by atoms with Crippen LogP contribution in [0.1, 0.15) is 12.0 Å². The van der Waals surface area contributed by atoms with Gasteiger partial charge in [0.05, 0.1) is 25.7 Å². The topological polar surface area (TPSA) is 109 Å². The fourth-order valence-corrected chi connectivity index (χ4v) is 4.78. The smallest absolute Gasteiger partial charge is 0.263 e. The molecule has 152 valence electrons. The van der Waals surface area contributed by atoms with Crippen LogP contribution in [0, 0.1) is 11.3 Å². The molecule has 0 spiro atoms. The minimum atomic E-state index is -3.03. The molecule has 1 N–H and O–H groups in total. The molecule has 0 saturated carbocycles. The molecule has 0 radical (unpaired) electrons. The van der Waals surface area contributed by atoms with Crippen molar-refractivity contribution in [2.75, 3.05) is 39.3 Å². The lowest BCUT2D eigenvalue weighted by molar-refractivity contribution is -0.117. The molecule has 28 heavy (non-hydrogen) atoms. The molecule has 0 bridgehead atoms. The second-order valence-electron chi connectivity index (χ2n) is 6.57. The monoisotopic (exact) mass is 407 g/mol. The molecule has 2 rings (SSSR count). The highest BCUT2D eigenvalue weighted by atomic mass is 32.2. The molecule has 0 aliphatic carbocycles. The molecule has 1 atom stereocenters. The number of carbonyl (C=O) groups is 1. The van der Waals surface area contributed by atoms with Gasteiger partial charge in [-0.25, -0.2) is 8.42 Å². The first-order chi connectivity index (χ1) is 13.3. The van der Waals surface area contributed by atoms with E-state index in [-0.39, 0.29) is 23.1 Å². The van der Waals surface area contributed by atoms with Crippen LogP contribution in [0.5, 0.6) is 11.5 Å². The Hall–Kier alpha value is -2.73. The number of nitriles is 1. The van der Waals surface area contributed by atoms with Gasteiger partial charge < -0.3 is 19.7 Å². The minimum absolute atomic E-state index is 0.0413. The quantitative estimate of drug-likeness (QED) is 0.503. The number of nitrogens with one attached hydrogen (secondary N) is 1. The largest absolute Gasteiger partial charge is 0.493 e. The SMILES string of the molecule is COc1ccc(CCNC(=O)/C(C#N)=C\N(C)C2CCS(=O)(=O)C2)cc1OC. The van der Waals surface area contributed by atoms with Gasteiger partial charge in [-0.3, -0.25) is 4.79 Å². The van der Waals surface area contributed by atoms with Gasteiger partial charge in [0, 0.05) is 25.8 Å². The summed E-state index contributed by atoms with van der Waals surface area (Å²) in [5.41, 5.74) is 0.896. The molecule has 1 aliphatic heterocycles. The number of sulfone groups is 1. The summed E-state index contributed by atoms with van der Waals surface area (Å²) in [5.74, 6) is 0.921. The second kappa shape index (κ2) is 9.46. The van der Waals surface area contributed by atoms with Crippen molar-refractivity contribution in [1.82, 2.24) is 10.2 Å². The maximum absolute atomic E-state index is 12.3. The molecule has 1 unspecified atom stereocenters. The number of hydrogen-bond donors (Lipinski definition) is 1. The van der Waals surface area contributed by atoms with Crippen LogP contribution in [0.25, 0.3) is 0 Å². The van der Waals surface area contributed by atoms with E-state index < -0.39 is 15.7 Å². The lowest BCUT2D eigenvalue weighted by Gasteiger charge is -2.21. The number of rotatable bonds is 8. The lowest BCUT2D eigenvalue weighted by Crippen LogP contribution is -2.31. The molecule has 1 saturated heterocycles. The van der Waals surface area contributed by atoms with Crippen LogP contribution in [0.15, 0.2) is 30.0 Å². The van der Waals surface area contributed by atoms with E-state index in [0.29, 0.717) is 30.9 Å². The van der Waals surface area contributed by atoms with Gasteiger partial charge in [0.25, 0.3) is 5.91 Å². The predicted molar refractivity (Wildman–Crippen MR) is 105 cm³/mol. The fourth-order valence-electron chi connectivity index (χ4n) is 3.00. The fraction of sp³-hybridized carbons (Fsp3) is 0.474. The van der Waals surface area contributed by atoms with E-state index in [4.69, 9.17) is 9.47 Å². The van der Waals surface area contributed by atoms with Gasteiger partial charge in [-0.05, 0) is 30.5 Å². The van der Waals surface area contributed by atoms with Crippen molar-refractivity contribution >= 4 is 15.7 Å². The summed E-state index contributed by atoms with van der Waals surface area (Å²) in [6.07, 6.45) is 2.47. The molecule has 1 heterocycles. The third-order valence-electron chi connectivity index (χ3n) is 4.63. The highest BCUT2D eigenvalue weighted by Crippen LogP contribution is 2.27. The van der Waals surface area contributed by atoms with Crippen LogP contribution in [0.2, 0.25) is 0 Å². The van der Waals surface area contributed by atoms with Gasteiger partial charge in [0.1, 0.15) is 11.6 Å². The van der Waals surface area contributed by atoms with Crippen LogP contribution in [0.3, 0.4) is 0 Å². The molecular weight excluding hydrogens is 382 g/mol. The molecule has 8 nitrogen and oxygen atoms in total. The predicted octanol–water partition coefficient (Wildman–Crippen LogP) is 0.889. The number of methoxy groups -OCH3 is 2. The van der Waals surface area contributed by atoms with Crippen LogP contribution in [0.4, 0.5) is 0 Å². The van der Waals surface area contributed by atoms with Gasteiger partial charge in [-0.2, -0.15) is 5.26 Å². The average Bonchev–Trinajstić information content (AvgIpc) is 3.05. The Bertz CT molecular complexity index is 889. The van der Waals surface area contributed by atoms with Crippen LogP contribution < -0.4 is 14.8 Å². The summed E-state index contributed by atoms with van der Waals surface area (Å²) >= 11 is 0. The Morgan fingerprint density at radius 1 is 1.36 bits per heavy atom. The minimum Gasteiger partial charge on any atom is -0.493 e. The molecule has 1 aromatic rings. The number of nitrogens with zero attached hydrogens (tertiary/aromatic N) is 2. The average molecular weight is 407 g/mol. The number of hydrogen-bond acceptors (Lipinski definition) is 7. The van der Waals surface area contributed by atoms with E-state index in [1.54, 1.807) is 32.2 Å². The number of carbonyl (C=O) groups excluding carboxylic acids is 1. The first-order valence-corrected chi connectivity index (χ1v) is 10.6. The molecule has 9 heteroatoms. The molecule has 1 fully saturated rings. The number of amides is 1. The number of benzene rings is 1. The van der Waals surface area contributed by atoms with Gasteiger partial charge in [0.2, 0.25) is 0 Å². The normalized spacial score (nSPS) is 18.2. The summed E-state index contributed by atoms with van der Waals surface area (Å²) < 4.78 is 33.6. The zero-order valence-corrected chi connectivity index (χ0v) is 17.1. The Kier molecular flexibility index (Phi) is 7.29. The van der Waals surface area contributed by atoms with Crippen molar-refractivity contribution in [3.8, 4) is 17.6 Å². The Balaban J connectivity index is 1.93. The number of ether oxygens (including phenoxy) is 2.